The Bertz CT molecular complexity index is 372. The fourth-order valence-electron chi connectivity index (χ4n) is 2.70. The Morgan fingerprint density at radius 2 is 1.75 bits per heavy atom. The number of carbonyl (C=O) groups is 1. The number of carboxylic acid groups (broad SMARTS) is 1. The van der Waals surface area contributed by atoms with Crippen LogP contribution in [0.1, 0.15) is 32.1 Å². The predicted molar refractivity (Wildman–Crippen MR) is 58.5 cm³/mol. The van der Waals surface area contributed by atoms with E-state index in [9.17, 15) is 13.2 Å². The first-order chi connectivity index (χ1) is 7.53. The molecule has 5 nitrogen and oxygen atoms in total. The third kappa shape index (κ3) is 1.96. The van der Waals surface area contributed by atoms with E-state index in [0.29, 0.717) is 32.4 Å². The van der Waals surface area contributed by atoms with E-state index in [0.717, 1.165) is 12.8 Å². The highest BCUT2D eigenvalue weighted by Crippen LogP contribution is 2.34. The van der Waals surface area contributed by atoms with Gasteiger partial charge in [0.05, 0.1) is 11.2 Å². The number of rotatable bonds is 3. The summed E-state index contributed by atoms with van der Waals surface area (Å²) in [5.74, 6) is -1.67. The Kier molecular flexibility index (Phi) is 3.21. The molecule has 2 atom stereocenters. The van der Waals surface area contributed by atoms with Crippen LogP contribution in [0.4, 0.5) is 0 Å². The fourth-order valence-corrected chi connectivity index (χ4v) is 4.98. The summed E-state index contributed by atoms with van der Waals surface area (Å²) >= 11 is 0. The lowest BCUT2D eigenvalue weighted by atomic mass is 10.1. The van der Waals surface area contributed by atoms with Crippen molar-refractivity contribution in [3.8, 4) is 0 Å². The molecule has 0 radical (unpaired) electrons. The Morgan fingerprint density at radius 3 is 2.31 bits per heavy atom. The van der Waals surface area contributed by atoms with Gasteiger partial charge in [-0.2, -0.15) is 0 Å². The maximum absolute atomic E-state index is 12.2. The second kappa shape index (κ2) is 4.33. The van der Waals surface area contributed by atoms with Gasteiger partial charge in [-0.25, -0.2) is 12.7 Å². The summed E-state index contributed by atoms with van der Waals surface area (Å²) in [5, 5.41) is 8.32. The zero-order valence-electron chi connectivity index (χ0n) is 9.13. The summed E-state index contributed by atoms with van der Waals surface area (Å²) < 4.78 is 25.9. The molecule has 1 N–H and O–H groups in total. The van der Waals surface area contributed by atoms with E-state index in [-0.39, 0.29) is 0 Å². The first-order valence-corrected chi connectivity index (χ1v) is 7.25. The van der Waals surface area contributed by atoms with Gasteiger partial charge in [-0.1, -0.05) is 6.42 Å². The van der Waals surface area contributed by atoms with Gasteiger partial charge >= 0.3 is 5.97 Å². The van der Waals surface area contributed by atoms with E-state index in [1.165, 1.54) is 4.31 Å². The summed E-state index contributed by atoms with van der Waals surface area (Å²) in [6, 6.07) is 0. The van der Waals surface area contributed by atoms with Gasteiger partial charge in [0.2, 0.25) is 10.0 Å². The van der Waals surface area contributed by atoms with Gasteiger partial charge in [-0.05, 0) is 25.7 Å². The number of hydrogen-bond donors (Lipinski definition) is 1. The molecule has 2 unspecified atom stereocenters. The first-order valence-electron chi connectivity index (χ1n) is 5.75. The van der Waals surface area contributed by atoms with Crippen LogP contribution in [0, 0.1) is 5.92 Å². The second-order valence-electron chi connectivity index (χ2n) is 4.57. The molecule has 0 amide bonds. The zero-order chi connectivity index (χ0) is 11.8. The molecule has 1 saturated carbocycles. The zero-order valence-corrected chi connectivity index (χ0v) is 9.95. The van der Waals surface area contributed by atoms with E-state index in [1.807, 2.05) is 0 Å². The lowest BCUT2D eigenvalue weighted by Crippen LogP contribution is -2.40. The van der Waals surface area contributed by atoms with Gasteiger partial charge in [0, 0.05) is 13.1 Å². The quantitative estimate of drug-likeness (QED) is 0.795. The van der Waals surface area contributed by atoms with Gasteiger partial charge in [-0.15, -0.1) is 0 Å². The molecule has 92 valence electrons. The van der Waals surface area contributed by atoms with Crippen molar-refractivity contribution >= 4 is 16.0 Å². The molecular formula is C10H17NO4S. The van der Waals surface area contributed by atoms with Crippen LogP contribution in [-0.2, 0) is 14.8 Å². The van der Waals surface area contributed by atoms with Gasteiger partial charge < -0.3 is 5.11 Å². The molecule has 2 rings (SSSR count). The monoisotopic (exact) mass is 247 g/mol. The van der Waals surface area contributed by atoms with Crippen molar-refractivity contribution in [2.75, 3.05) is 13.1 Å². The van der Waals surface area contributed by atoms with Crippen molar-refractivity contribution in [2.24, 2.45) is 5.92 Å². The van der Waals surface area contributed by atoms with Crippen molar-refractivity contribution in [2.45, 2.75) is 37.4 Å². The fraction of sp³-hybridized carbons (Fsp3) is 0.900. The van der Waals surface area contributed by atoms with Gasteiger partial charge in [0.1, 0.15) is 0 Å². The molecule has 2 aliphatic rings. The Morgan fingerprint density at radius 1 is 1.12 bits per heavy atom. The molecule has 0 aromatic heterocycles. The number of aliphatic carboxylic acids is 1. The highest BCUT2D eigenvalue weighted by atomic mass is 32.2. The molecular weight excluding hydrogens is 230 g/mol. The van der Waals surface area contributed by atoms with Crippen LogP contribution < -0.4 is 0 Å². The smallest absolute Gasteiger partial charge is 0.307 e. The van der Waals surface area contributed by atoms with Gasteiger partial charge in [0.15, 0.2) is 0 Å². The van der Waals surface area contributed by atoms with Crippen molar-refractivity contribution in [1.82, 2.24) is 4.31 Å². The maximum Gasteiger partial charge on any atom is 0.307 e. The summed E-state index contributed by atoms with van der Waals surface area (Å²) in [4.78, 5) is 11.0. The van der Waals surface area contributed by atoms with Crippen LogP contribution in [0.15, 0.2) is 0 Å². The molecule has 1 saturated heterocycles. The normalized spacial score (nSPS) is 32.0. The van der Waals surface area contributed by atoms with E-state index >= 15 is 0 Å². The topological polar surface area (TPSA) is 74.7 Å². The summed E-state index contributed by atoms with van der Waals surface area (Å²) in [5.41, 5.74) is 0. The SMILES string of the molecule is O=C(O)C1CCCC1S(=O)(=O)N1CCCC1. The minimum absolute atomic E-state index is 0.493. The van der Waals surface area contributed by atoms with Crippen molar-refractivity contribution < 1.29 is 18.3 Å². The van der Waals surface area contributed by atoms with Crippen LogP contribution in [0.5, 0.6) is 0 Å². The van der Waals surface area contributed by atoms with Crippen LogP contribution in [0.25, 0.3) is 0 Å². The number of carboxylic acids is 1. The lowest BCUT2D eigenvalue weighted by molar-refractivity contribution is -0.141. The molecule has 0 aromatic rings. The van der Waals surface area contributed by atoms with E-state index in [1.54, 1.807) is 0 Å². The molecule has 2 fully saturated rings. The molecule has 0 aromatic carbocycles. The van der Waals surface area contributed by atoms with Crippen LogP contribution >= 0.6 is 0 Å². The minimum atomic E-state index is -3.38. The van der Waals surface area contributed by atoms with Crippen molar-refractivity contribution in [3.63, 3.8) is 0 Å². The third-order valence-corrected chi connectivity index (χ3v) is 5.99. The summed E-state index contributed by atoms with van der Waals surface area (Å²) in [7, 11) is -3.38. The molecule has 1 heterocycles. The predicted octanol–water partition coefficient (Wildman–Crippen LogP) is 0.665. The van der Waals surface area contributed by atoms with E-state index < -0.39 is 27.2 Å². The Labute approximate surface area is 95.5 Å². The van der Waals surface area contributed by atoms with Crippen molar-refractivity contribution in [1.29, 1.82) is 0 Å². The van der Waals surface area contributed by atoms with Crippen LogP contribution in [0.3, 0.4) is 0 Å². The van der Waals surface area contributed by atoms with Gasteiger partial charge in [0.25, 0.3) is 0 Å². The van der Waals surface area contributed by atoms with E-state index in [2.05, 4.69) is 0 Å². The van der Waals surface area contributed by atoms with Crippen LogP contribution in [-0.4, -0.2) is 42.1 Å². The lowest BCUT2D eigenvalue weighted by Gasteiger charge is -2.23. The summed E-state index contributed by atoms with van der Waals surface area (Å²) in [6.07, 6.45) is 3.48. The third-order valence-electron chi connectivity index (χ3n) is 3.58. The molecule has 1 aliphatic carbocycles. The first kappa shape index (κ1) is 11.9. The second-order valence-corrected chi connectivity index (χ2v) is 6.72. The maximum atomic E-state index is 12.2. The molecule has 0 spiro atoms. The van der Waals surface area contributed by atoms with Gasteiger partial charge in [-0.3, -0.25) is 4.79 Å². The molecule has 1 aliphatic heterocycles. The Balaban J connectivity index is 2.19. The number of hydrogen-bond acceptors (Lipinski definition) is 3. The Hall–Kier alpha value is -0.620. The summed E-state index contributed by atoms with van der Waals surface area (Å²) in [6.45, 7) is 1.12. The van der Waals surface area contributed by atoms with Crippen LogP contribution in [0.2, 0.25) is 0 Å². The average Bonchev–Trinajstić information content (AvgIpc) is 2.89. The average molecular weight is 247 g/mol. The minimum Gasteiger partial charge on any atom is -0.481 e. The number of nitrogens with zero attached hydrogens (tertiary/aromatic N) is 1. The highest BCUT2D eigenvalue weighted by Gasteiger charge is 2.44. The molecule has 6 heteroatoms. The van der Waals surface area contributed by atoms with Crippen molar-refractivity contribution in [3.05, 3.63) is 0 Å². The largest absolute Gasteiger partial charge is 0.481 e. The molecule has 16 heavy (non-hydrogen) atoms. The number of sulfonamides is 1. The standard InChI is InChI=1S/C10H17NO4S/c12-10(13)8-4-3-5-9(8)16(14,15)11-6-1-2-7-11/h8-9H,1-7H2,(H,12,13). The highest BCUT2D eigenvalue weighted by molar-refractivity contribution is 7.89. The molecule has 0 bridgehead atoms. The van der Waals surface area contributed by atoms with E-state index in [4.69, 9.17) is 5.11 Å².